The van der Waals surface area contributed by atoms with Crippen LogP contribution in [-0.2, 0) is 6.42 Å². The predicted octanol–water partition coefficient (Wildman–Crippen LogP) is 3.88. The Kier molecular flexibility index (Phi) is 4.19. The first kappa shape index (κ1) is 12.6. The second kappa shape index (κ2) is 5.65. The maximum Gasteiger partial charge on any atom is 0.127 e. The normalized spacial score (nSPS) is 17.7. The van der Waals surface area contributed by atoms with Gasteiger partial charge in [0.15, 0.2) is 0 Å². The second-order valence-electron chi connectivity index (χ2n) is 4.44. The lowest BCUT2D eigenvalue weighted by Crippen LogP contribution is -2.16. The van der Waals surface area contributed by atoms with Crippen molar-refractivity contribution in [3.05, 3.63) is 46.3 Å². The Morgan fingerprint density at radius 2 is 2.18 bits per heavy atom. The topological polar surface area (TPSA) is 20.2 Å². The van der Waals surface area contributed by atoms with Crippen LogP contribution in [0.25, 0.3) is 0 Å². The molecule has 1 aromatic rings. The van der Waals surface area contributed by atoms with Gasteiger partial charge in [-0.2, -0.15) is 0 Å². The summed E-state index contributed by atoms with van der Waals surface area (Å²) in [6.45, 7) is 0. The minimum absolute atomic E-state index is 0.261. The van der Waals surface area contributed by atoms with Crippen molar-refractivity contribution in [1.29, 1.82) is 0 Å². The molecule has 0 fully saturated rings. The fraction of sp³-hybridized carbons (Fsp3) is 0.429. The van der Waals surface area contributed by atoms with Gasteiger partial charge in [0, 0.05) is 17.0 Å². The molecule has 0 spiro atoms. The first-order valence-electron chi connectivity index (χ1n) is 5.98. The molecular weight excluding hydrogens is 239 g/mol. The van der Waals surface area contributed by atoms with Crippen LogP contribution in [-0.4, -0.2) is 11.2 Å². The van der Waals surface area contributed by atoms with E-state index in [9.17, 15) is 9.50 Å². The fourth-order valence-electron chi connectivity index (χ4n) is 2.22. The average molecular weight is 255 g/mol. The third-order valence-electron chi connectivity index (χ3n) is 3.21. The monoisotopic (exact) mass is 254 g/mol. The third kappa shape index (κ3) is 3.08. The van der Waals surface area contributed by atoms with Crippen LogP contribution in [0.2, 0.25) is 5.02 Å². The number of halogens is 2. The maximum atomic E-state index is 13.6. The van der Waals surface area contributed by atoms with Crippen molar-refractivity contribution in [1.82, 2.24) is 0 Å². The molecule has 1 unspecified atom stereocenters. The number of hydrogen-bond donors (Lipinski definition) is 1. The number of aliphatic hydroxyl groups is 1. The molecule has 0 radical (unpaired) electrons. The molecule has 1 aliphatic rings. The van der Waals surface area contributed by atoms with Gasteiger partial charge in [0.1, 0.15) is 5.82 Å². The minimum Gasteiger partial charge on any atom is -0.388 e. The number of benzene rings is 1. The molecule has 0 saturated carbocycles. The Bertz CT molecular complexity index is 408. The van der Waals surface area contributed by atoms with Crippen LogP contribution < -0.4 is 0 Å². The molecule has 17 heavy (non-hydrogen) atoms. The molecule has 1 aromatic carbocycles. The summed E-state index contributed by atoms with van der Waals surface area (Å²) < 4.78 is 13.6. The predicted molar refractivity (Wildman–Crippen MR) is 67.7 cm³/mol. The van der Waals surface area contributed by atoms with Gasteiger partial charge in [0.05, 0.1) is 6.10 Å². The molecule has 3 heteroatoms. The van der Waals surface area contributed by atoms with Crippen molar-refractivity contribution < 1.29 is 9.50 Å². The second-order valence-corrected chi connectivity index (χ2v) is 4.85. The average Bonchev–Trinajstić information content (AvgIpc) is 2.35. The number of aliphatic hydroxyl groups excluding tert-OH is 1. The van der Waals surface area contributed by atoms with Gasteiger partial charge in [-0.3, -0.25) is 0 Å². The van der Waals surface area contributed by atoms with Crippen LogP contribution in [0.5, 0.6) is 0 Å². The first-order chi connectivity index (χ1) is 8.18. The quantitative estimate of drug-likeness (QED) is 0.812. The standard InChI is InChI=1S/C14H16ClFO/c15-12-7-4-8-13(16)11(12)9-14(17)10-5-2-1-3-6-10/h4-5,7-8,14,17H,1-3,6,9H2. The Labute approximate surface area is 106 Å². The molecule has 1 atom stereocenters. The van der Waals surface area contributed by atoms with E-state index in [-0.39, 0.29) is 12.2 Å². The largest absolute Gasteiger partial charge is 0.388 e. The van der Waals surface area contributed by atoms with E-state index in [1.54, 1.807) is 12.1 Å². The summed E-state index contributed by atoms with van der Waals surface area (Å²) >= 11 is 5.94. The molecule has 1 N–H and O–H groups in total. The van der Waals surface area contributed by atoms with Gasteiger partial charge in [0.25, 0.3) is 0 Å². The van der Waals surface area contributed by atoms with Crippen molar-refractivity contribution >= 4 is 11.6 Å². The van der Waals surface area contributed by atoms with Crippen molar-refractivity contribution in [2.24, 2.45) is 0 Å². The molecule has 0 heterocycles. The molecule has 0 aromatic heterocycles. The van der Waals surface area contributed by atoms with Crippen molar-refractivity contribution in [3.63, 3.8) is 0 Å². The van der Waals surface area contributed by atoms with E-state index in [4.69, 9.17) is 11.6 Å². The molecule has 1 nitrogen and oxygen atoms in total. The zero-order chi connectivity index (χ0) is 12.3. The number of rotatable bonds is 3. The van der Waals surface area contributed by atoms with E-state index < -0.39 is 6.10 Å². The molecular formula is C14H16ClFO. The zero-order valence-electron chi connectivity index (χ0n) is 9.63. The Morgan fingerprint density at radius 3 is 2.82 bits per heavy atom. The van der Waals surface area contributed by atoms with Gasteiger partial charge in [-0.05, 0) is 43.4 Å². The van der Waals surface area contributed by atoms with E-state index in [0.29, 0.717) is 10.6 Å². The van der Waals surface area contributed by atoms with Crippen molar-refractivity contribution in [2.75, 3.05) is 0 Å². The smallest absolute Gasteiger partial charge is 0.127 e. The summed E-state index contributed by atoms with van der Waals surface area (Å²) in [5.41, 5.74) is 1.43. The van der Waals surface area contributed by atoms with Crippen LogP contribution in [0.3, 0.4) is 0 Å². The molecule has 0 amide bonds. The summed E-state index contributed by atoms with van der Waals surface area (Å²) in [5.74, 6) is -0.340. The molecule has 0 bridgehead atoms. The van der Waals surface area contributed by atoms with Gasteiger partial charge in [-0.25, -0.2) is 4.39 Å². The lowest BCUT2D eigenvalue weighted by Gasteiger charge is -2.19. The lowest BCUT2D eigenvalue weighted by molar-refractivity contribution is 0.203. The van der Waals surface area contributed by atoms with Crippen LogP contribution >= 0.6 is 11.6 Å². The molecule has 1 aliphatic carbocycles. The van der Waals surface area contributed by atoms with Crippen molar-refractivity contribution in [2.45, 2.75) is 38.2 Å². The fourth-order valence-corrected chi connectivity index (χ4v) is 2.46. The van der Waals surface area contributed by atoms with E-state index in [2.05, 4.69) is 6.08 Å². The summed E-state index contributed by atoms with van der Waals surface area (Å²) in [5, 5.41) is 10.5. The molecule has 0 saturated heterocycles. The van der Waals surface area contributed by atoms with Gasteiger partial charge in [-0.1, -0.05) is 23.7 Å². The highest BCUT2D eigenvalue weighted by atomic mass is 35.5. The SMILES string of the molecule is OC(Cc1c(F)cccc1Cl)C1=CCCCC1. The van der Waals surface area contributed by atoms with E-state index >= 15 is 0 Å². The van der Waals surface area contributed by atoms with Crippen LogP contribution in [0.15, 0.2) is 29.8 Å². The Hall–Kier alpha value is -0.860. The van der Waals surface area contributed by atoms with E-state index in [0.717, 1.165) is 24.8 Å². The number of hydrogen-bond acceptors (Lipinski definition) is 1. The van der Waals surface area contributed by atoms with Crippen LogP contribution in [0.1, 0.15) is 31.2 Å². The molecule has 92 valence electrons. The summed E-state index contributed by atoms with van der Waals surface area (Å²) in [6, 6.07) is 4.61. The first-order valence-corrected chi connectivity index (χ1v) is 6.36. The van der Waals surface area contributed by atoms with Gasteiger partial charge in [-0.15, -0.1) is 0 Å². The summed E-state index contributed by atoms with van der Waals surface area (Å²) in [4.78, 5) is 0. The zero-order valence-corrected chi connectivity index (χ0v) is 10.4. The summed E-state index contributed by atoms with van der Waals surface area (Å²) in [7, 11) is 0. The highest BCUT2D eigenvalue weighted by Gasteiger charge is 2.17. The minimum atomic E-state index is -0.607. The van der Waals surface area contributed by atoms with Crippen LogP contribution in [0, 0.1) is 5.82 Å². The molecule has 2 rings (SSSR count). The van der Waals surface area contributed by atoms with Crippen molar-refractivity contribution in [3.8, 4) is 0 Å². The van der Waals surface area contributed by atoms with E-state index in [1.807, 2.05) is 0 Å². The van der Waals surface area contributed by atoms with Gasteiger partial charge >= 0.3 is 0 Å². The summed E-state index contributed by atoms with van der Waals surface area (Å²) in [6.07, 6.45) is 5.93. The maximum absolute atomic E-state index is 13.6. The van der Waals surface area contributed by atoms with Crippen LogP contribution in [0.4, 0.5) is 4.39 Å². The highest BCUT2D eigenvalue weighted by molar-refractivity contribution is 6.31. The molecule has 0 aliphatic heterocycles. The van der Waals surface area contributed by atoms with E-state index in [1.165, 1.54) is 12.5 Å². The lowest BCUT2D eigenvalue weighted by atomic mass is 9.92. The van der Waals surface area contributed by atoms with Gasteiger partial charge in [0.2, 0.25) is 0 Å². The van der Waals surface area contributed by atoms with Gasteiger partial charge < -0.3 is 5.11 Å². The third-order valence-corrected chi connectivity index (χ3v) is 3.57. The number of allylic oxidation sites excluding steroid dienone is 1. The highest BCUT2D eigenvalue weighted by Crippen LogP contribution is 2.26. The Morgan fingerprint density at radius 1 is 1.35 bits per heavy atom. The Balaban J connectivity index is 2.12.